The van der Waals surface area contributed by atoms with E-state index in [9.17, 15) is 0 Å². The molecule has 0 saturated heterocycles. The van der Waals surface area contributed by atoms with Crippen LogP contribution in [0.15, 0.2) is 84.4 Å². The Hall–Kier alpha value is -4.14. The summed E-state index contributed by atoms with van der Waals surface area (Å²) in [5.74, 6) is 0. The number of nitriles is 2. The molecule has 0 atom stereocenters. The first-order chi connectivity index (χ1) is 13.8. The van der Waals surface area contributed by atoms with Crippen molar-refractivity contribution < 1.29 is 0 Å². The van der Waals surface area contributed by atoms with Gasteiger partial charge in [-0.05, 0) is 55.1 Å². The Labute approximate surface area is 162 Å². The molecule has 0 aliphatic rings. The summed E-state index contributed by atoms with van der Waals surface area (Å²) in [5.41, 5.74) is 3.25. The Bertz CT molecular complexity index is 1430. The van der Waals surface area contributed by atoms with E-state index in [0.717, 1.165) is 11.1 Å². The lowest BCUT2D eigenvalue weighted by molar-refractivity contribution is 1.47. The van der Waals surface area contributed by atoms with Gasteiger partial charge in [-0.1, -0.05) is 78.9 Å². The maximum atomic E-state index is 8.93. The second-order valence-electron chi connectivity index (χ2n) is 6.87. The van der Waals surface area contributed by atoms with Crippen molar-refractivity contribution >= 4 is 38.4 Å². The molecule has 5 rings (SSSR count). The third-order valence-corrected chi connectivity index (χ3v) is 5.30. The number of nitrogens with zero attached hydrogens (tertiary/aromatic N) is 2. The summed E-state index contributed by atoms with van der Waals surface area (Å²) in [6.07, 6.45) is 1.61. The van der Waals surface area contributed by atoms with Crippen LogP contribution in [0.4, 0.5) is 0 Å². The molecule has 0 spiro atoms. The molecule has 5 aromatic carbocycles. The SMILES string of the molecule is N#CC(C#N)=Cc1ccc(-c2ccc3ccc4cccc5ccc2c3c45)cc1. The van der Waals surface area contributed by atoms with E-state index in [0.29, 0.717) is 0 Å². The molecule has 5 aromatic rings. The zero-order chi connectivity index (χ0) is 19.1. The number of rotatable bonds is 2. The Morgan fingerprint density at radius 1 is 0.643 bits per heavy atom. The van der Waals surface area contributed by atoms with Crippen LogP contribution in [-0.4, -0.2) is 0 Å². The molecule has 2 heteroatoms. The van der Waals surface area contributed by atoms with Gasteiger partial charge in [0.2, 0.25) is 0 Å². The molecule has 0 fully saturated rings. The van der Waals surface area contributed by atoms with Crippen molar-refractivity contribution in [1.82, 2.24) is 0 Å². The molecule has 0 heterocycles. The van der Waals surface area contributed by atoms with Gasteiger partial charge in [0.05, 0.1) is 0 Å². The van der Waals surface area contributed by atoms with Crippen LogP contribution >= 0.6 is 0 Å². The lowest BCUT2D eigenvalue weighted by Gasteiger charge is -2.14. The van der Waals surface area contributed by atoms with Gasteiger partial charge in [0.15, 0.2) is 0 Å². The predicted octanol–water partition coefficient (Wildman–Crippen LogP) is 6.68. The van der Waals surface area contributed by atoms with Gasteiger partial charge < -0.3 is 0 Å². The monoisotopic (exact) mass is 354 g/mol. The van der Waals surface area contributed by atoms with Gasteiger partial charge in [0, 0.05) is 0 Å². The quantitative estimate of drug-likeness (QED) is 0.262. The van der Waals surface area contributed by atoms with Crippen LogP contribution < -0.4 is 0 Å². The fourth-order valence-electron chi connectivity index (χ4n) is 4.00. The van der Waals surface area contributed by atoms with E-state index in [1.54, 1.807) is 6.08 Å². The van der Waals surface area contributed by atoms with Crippen molar-refractivity contribution in [3.8, 4) is 23.3 Å². The zero-order valence-corrected chi connectivity index (χ0v) is 15.0. The normalized spacial score (nSPS) is 10.8. The van der Waals surface area contributed by atoms with Gasteiger partial charge in [-0.15, -0.1) is 0 Å². The fraction of sp³-hybridized carbons (Fsp3) is 0. The largest absolute Gasteiger partial charge is 0.192 e. The highest BCUT2D eigenvalue weighted by Crippen LogP contribution is 2.39. The number of hydrogen-bond acceptors (Lipinski definition) is 2. The molecule has 0 N–H and O–H groups in total. The minimum atomic E-state index is 0.107. The van der Waals surface area contributed by atoms with E-state index in [-0.39, 0.29) is 5.57 Å². The van der Waals surface area contributed by atoms with Crippen LogP contribution in [0.25, 0.3) is 49.5 Å². The van der Waals surface area contributed by atoms with Crippen LogP contribution in [0.2, 0.25) is 0 Å². The lowest BCUT2D eigenvalue weighted by atomic mass is 9.90. The van der Waals surface area contributed by atoms with Gasteiger partial charge in [-0.25, -0.2) is 0 Å². The highest BCUT2D eigenvalue weighted by atomic mass is 14.3. The van der Waals surface area contributed by atoms with Crippen molar-refractivity contribution in [2.75, 3.05) is 0 Å². The first kappa shape index (κ1) is 16.1. The van der Waals surface area contributed by atoms with Gasteiger partial charge in [0.25, 0.3) is 0 Å². The van der Waals surface area contributed by atoms with E-state index in [1.165, 1.54) is 37.9 Å². The molecule has 128 valence electrons. The van der Waals surface area contributed by atoms with Gasteiger partial charge in [0.1, 0.15) is 17.7 Å². The third-order valence-electron chi connectivity index (χ3n) is 5.30. The molecule has 0 amide bonds. The summed E-state index contributed by atoms with van der Waals surface area (Å²) < 4.78 is 0. The summed E-state index contributed by atoms with van der Waals surface area (Å²) in [7, 11) is 0. The topological polar surface area (TPSA) is 47.6 Å². The fourth-order valence-corrected chi connectivity index (χ4v) is 4.00. The molecular weight excluding hydrogens is 340 g/mol. The maximum Gasteiger partial charge on any atom is 0.130 e. The standard InChI is InChI=1S/C26H14N2/c27-15-18(16-28)14-17-4-6-19(7-5-17)23-12-10-22-9-8-20-2-1-3-21-11-13-24(23)26(22)25(20)21/h1-14H. The van der Waals surface area contributed by atoms with Crippen LogP contribution in [-0.2, 0) is 0 Å². The Morgan fingerprint density at radius 3 is 1.93 bits per heavy atom. The second kappa shape index (κ2) is 6.23. The molecule has 2 nitrogen and oxygen atoms in total. The van der Waals surface area contributed by atoms with Crippen LogP contribution in [0, 0.1) is 22.7 Å². The molecule has 0 aliphatic carbocycles. The first-order valence-corrected chi connectivity index (χ1v) is 9.07. The van der Waals surface area contributed by atoms with Crippen molar-refractivity contribution in [2.45, 2.75) is 0 Å². The molecule has 0 radical (unpaired) electrons. The van der Waals surface area contributed by atoms with Crippen molar-refractivity contribution in [2.24, 2.45) is 0 Å². The highest BCUT2D eigenvalue weighted by molar-refractivity contribution is 6.25. The lowest BCUT2D eigenvalue weighted by Crippen LogP contribution is -1.87. The maximum absolute atomic E-state index is 8.93. The average molecular weight is 354 g/mol. The number of benzene rings is 5. The summed E-state index contributed by atoms with van der Waals surface area (Å²) in [6.45, 7) is 0. The van der Waals surface area contributed by atoms with Crippen molar-refractivity contribution in [3.05, 3.63) is 90.0 Å². The Morgan fingerprint density at radius 2 is 1.25 bits per heavy atom. The summed E-state index contributed by atoms with van der Waals surface area (Å²) in [4.78, 5) is 0. The predicted molar refractivity (Wildman–Crippen MR) is 115 cm³/mol. The Kier molecular flexibility index (Phi) is 3.58. The van der Waals surface area contributed by atoms with E-state index >= 15 is 0 Å². The van der Waals surface area contributed by atoms with Gasteiger partial charge >= 0.3 is 0 Å². The summed E-state index contributed by atoms with van der Waals surface area (Å²) >= 11 is 0. The average Bonchev–Trinajstić information content (AvgIpc) is 2.76. The van der Waals surface area contributed by atoms with E-state index in [2.05, 4.69) is 54.6 Å². The van der Waals surface area contributed by atoms with E-state index in [1.807, 2.05) is 36.4 Å². The van der Waals surface area contributed by atoms with Crippen molar-refractivity contribution in [1.29, 1.82) is 10.5 Å². The van der Waals surface area contributed by atoms with Crippen molar-refractivity contribution in [3.63, 3.8) is 0 Å². The smallest absolute Gasteiger partial charge is 0.130 e. The molecular formula is C26H14N2. The number of allylic oxidation sites excluding steroid dienone is 1. The third kappa shape index (κ3) is 2.41. The molecule has 0 aromatic heterocycles. The molecule has 0 bridgehead atoms. The molecule has 0 unspecified atom stereocenters. The minimum Gasteiger partial charge on any atom is -0.192 e. The van der Waals surface area contributed by atoms with Crippen LogP contribution in [0.1, 0.15) is 5.56 Å². The van der Waals surface area contributed by atoms with Crippen LogP contribution in [0.5, 0.6) is 0 Å². The molecule has 0 saturated carbocycles. The molecule has 28 heavy (non-hydrogen) atoms. The second-order valence-corrected chi connectivity index (χ2v) is 6.87. The summed E-state index contributed by atoms with van der Waals surface area (Å²) in [6, 6.07) is 31.3. The van der Waals surface area contributed by atoms with Gasteiger partial charge in [-0.2, -0.15) is 10.5 Å². The highest BCUT2D eigenvalue weighted by Gasteiger charge is 2.11. The Balaban J connectivity index is 1.73. The zero-order valence-electron chi connectivity index (χ0n) is 15.0. The minimum absolute atomic E-state index is 0.107. The first-order valence-electron chi connectivity index (χ1n) is 9.07. The van der Waals surface area contributed by atoms with Crippen LogP contribution in [0.3, 0.4) is 0 Å². The van der Waals surface area contributed by atoms with E-state index < -0.39 is 0 Å². The van der Waals surface area contributed by atoms with E-state index in [4.69, 9.17) is 10.5 Å². The van der Waals surface area contributed by atoms with Gasteiger partial charge in [-0.3, -0.25) is 0 Å². The number of hydrogen-bond donors (Lipinski definition) is 0. The molecule has 0 aliphatic heterocycles. The summed E-state index contributed by atoms with van der Waals surface area (Å²) in [5, 5.41) is 25.5.